The predicted molar refractivity (Wildman–Crippen MR) is 123 cm³/mol. The molecular formula is C22H31N3O13. The number of carbonyl (C=O) groups is 2. The molecule has 0 radical (unpaired) electrons. The molecule has 2 saturated heterocycles. The molecule has 0 aliphatic carbocycles. The Morgan fingerprint density at radius 2 is 1.68 bits per heavy atom. The molecule has 2 heterocycles. The van der Waals surface area contributed by atoms with E-state index in [2.05, 4.69) is 10.6 Å². The number of ether oxygens (including phenoxy) is 3. The lowest BCUT2D eigenvalue weighted by Gasteiger charge is -2.61. The molecule has 9 atom stereocenters. The van der Waals surface area contributed by atoms with E-state index in [0.29, 0.717) is 0 Å². The van der Waals surface area contributed by atoms with Crippen LogP contribution in [0.5, 0.6) is 5.75 Å². The van der Waals surface area contributed by atoms with E-state index in [1.807, 2.05) is 0 Å². The summed E-state index contributed by atoms with van der Waals surface area (Å²) in [6, 6.07) is 2.87. The second-order valence-electron chi connectivity index (χ2n) is 9.12. The molecule has 2 amide bonds. The number of hydrogen-bond donors (Lipinski definition) is 8. The highest BCUT2D eigenvalue weighted by Gasteiger charge is 2.74. The third-order valence-corrected chi connectivity index (χ3v) is 6.73. The molecule has 212 valence electrons. The number of nitro benzene ring substituents is 1. The van der Waals surface area contributed by atoms with Crippen LogP contribution in [0.4, 0.5) is 5.69 Å². The van der Waals surface area contributed by atoms with Crippen LogP contribution in [0.25, 0.3) is 0 Å². The lowest BCUT2D eigenvalue weighted by molar-refractivity contribution is -0.384. The Morgan fingerprint density at radius 1 is 1.08 bits per heavy atom. The van der Waals surface area contributed by atoms with Gasteiger partial charge in [0.25, 0.3) is 5.69 Å². The van der Waals surface area contributed by atoms with Crippen LogP contribution < -0.4 is 15.4 Å². The Hall–Kier alpha value is -2.96. The minimum atomic E-state index is -2.86. The first-order chi connectivity index (χ1) is 17.8. The van der Waals surface area contributed by atoms with E-state index in [1.165, 1.54) is 0 Å². The monoisotopic (exact) mass is 545 g/mol. The van der Waals surface area contributed by atoms with E-state index in [1.54, 1.807) is 0 Å². The standard InChI is InChI=1S/C22H31N3O13/c1-10(28)23-16-9-36-15(8-27)18(31)22(16,33)21(24-11(2)29)19(32)17(30)14(7-26)38-20(21)37-13-5-3-12(4-6-13)25(34)35/h3-6,14-20,26-27,30-33H,7-9H2,1-2H3,(H,23,28)(H,24,29)/t14-,15-,16-,17+,18-,19+,20+,21-,22+/m1/s1. The lowest BCUT2D eigenvalue weighted by atomic mass is 9.62. The molecule has 0 saturated carbocycles. The zero-order valence-electron chi connectivity index (χ0n) is 20.5. The Kier molecular flexibility index (Phi) is 8.89. The van der Waals surface area contributed by atoms with Crippen molar-refractivity contribution in [1.82, 2.24) is 10.6 Å². The Labute approximate surface area is 215 Å². The van der Waals surface area contributed by atoms with Gasteiger partial charge in [-0.25, -0.2) is 0 Å². The molecule has 1 aromatic rings. The van der Waals surface area contributed by atoms with Gasteiger partial charge in [0.1, 0.15) is 41.9 Å². The van der Waals surface area contributed by atoms with Crippen molar-refractivity contribution >= 4 is 17.5 Å². The fourth-order valence-corrected chi connectivity index (χ4v) is 4.96. The number of nitro groups is 1. The highest BCUT2D eigenvalue weighted by molar-refractivity contribution is 5.75. The van der Waals surface area contributed by atoms with Crippen LogP contribution in [-0.2, 0) is 19.1 Å². The van der Waals surface area contributed by atoms with Gasteiger partial charge in [-0.1, -0.05) is 0 Å². The molecule has 1 aromatic carbocycles. The van der Waals surface area contributed by atoms with E-state index >= 15 is 0 Å². The zero-order valence-corrected chi connectivity index (χ0v) is 20.5. The Bertz CT molecular complexity index is 1030. The zero-order chi connectivity index (χ0) is 28.4. The summed E-state index contributed by atoms with van der Waals surface area (Å²) in [6.07, 6.45) is -11.4. The van der Waals surface area contributed by atoms with Crippen molar-refractivity contribution in [2.24, 2.45) is 0 Å². The van der Waals surface area contributed by atoms with Gasteiger partial charge in [0.2, 0.25) is 18.1 Å². The van der Waals surface area contributed by atoms with Gasteiger partial charge >= 0.3 is 0 Å². The summed E-state index contributed by atoms with van der Waals surface area (Å²) in [5.74, 6) is -1.75. The molecule has 16 heteroatoms. The van der Waals surface area contributed by atoms with Gasteiger partial charge in [0.15, 0.2) is 5.54 Å². The smallest absolute Gasteiger partial charge is 0.269 e. The highest BCUT2D eigenvalue weighted by atomic mass is 16.7. The summed E-state index contributed by atoms with van der Waals surface area (Å²) < 4.78 is 16.9. The van der Waals surface area contributed by atoms with Crippen LogP contribution in [0, 0.1) is 10.1 Å². The van der Waals surface area contributed by atoms with Gasteiger partial charge in [-0.05, 0) is 12.1 Å². The second kappa shape index (κ2) is 11.4. The van der Waals surface area contributed by atoms with Gasteiger partial charge in [0, 0.05) is 26.0 Å². The summed E-state index contributed by atoms with van der Waals surface area (Å²) in [5, 5.41) is 81.0. The second-order valence-corrected chi connectivity index (χ2v) is 9.12. The SMILES string of the molecule is CC(=O)N[C@@H]1CO[C@H](CO)[C@@H](O)[C@]1(O)[C@]1(NC(C)=O)[C@@H](Oc2ccc([N+](=O)[O-])cc2)O[C@H](CO)[C@H](O)[C@@H]1O. The van der Waals surface area contributed by atoms with Crippen LogP contribution in [0.15, 0.2) is 24.3 Å². The molecule has 0 unspecified atom stereocenters. The molecule has 2 fully saturated rings. The average molecular weight is 545 g/mol. The van der Waals surface area contributed by atoms with Crippen molar-refractivity contribution in [3.8, 4) is 5.75 Å². The summed E-state index contributed by atoms with van der Waals surface area (Å²) in [4.78, 5) is 34.9. The molecular weight excluding hydrogens is 514 g/mol. The molecule has 16 nitrogen and oxygen atoms in total. The topological polar surface area (TPSA) is 250 Å². The van der Waals surface area contributed by atoms with Crippen LogP contribution >= 0.6 is 0 Å². The number of hydrogen-bond acceptors (Lipinski definition) is 13. The molecule has 0 bridgehead atoms. The van der Waals surface area contributed by atoms with Gasteiger partial charge in [-0.15, -0.1) is 0 Å². The minimum absolute atomic E-state index is 0.129. The van der Waals surface area contributed by atoms with Crippen LogP contribution in [-0.4, -0.2) is 121 Å². The molecule has 8 N–H and O–H groups in total. The number of aliphatic hydroxyl groups excluding tert-OH is 5. The third-order valence-electron chi connectivity index (χ3n) is 6.73. The summed E-state index contributed by atoms with van der Waals surface area (Å²) in [7, 11) is 0. The lowest BCUT2D eigenvalue weighted by Crippen LogP contribution is -2.90. The minimum Gasteiger partial charge on any atom is -0.462 e. The third kappa shape index (κ3) is 5.04. The normalized spacial score (nSPS) is 37.2. The molecule has 0 aromatic heterocycles. The maximum absolute atomic E-state index is 12.5. The van der Waals surface area contributed by atoms with Crippen LogP contribution in [0.3, 0.4) is 0 Å². The number of rotatable bonds is 8. The van der Waals surface area contributed by atoms with Crippen molar-refractivity contribution in [3.05, 3.63) is 34.4 Å². The van der Waals surface area contributed by atoms with Gasteiger partial charge < -0.3 is 55.5 Å². The fourth-order valence-electron chi connectivity index (χ4n) is 4.96. The number of amides is 2. The Morgan fingerprint density at radius 3 is 2.18 bits per heavy atom. The Balaban J connectivity index is 2.25. The maximum Gasteiger partial charge on any atom is 0.269 e. The van der Waals surface area contributed by atoms with E-state index in [-0.39, 0.29) is 11.4 Å². The number of nitrogens with zero attached hydrogens (tertiary/aromatic N) is 1. The van der Waals surface area contributed by atoms with E-state index < -0.39 is 90.5 Å². The quantitative estimate of drug-likeness (QED) is 0.116. The summed E-state index contributed by atoms with van der Waals surface area (Å²) >= 11 is 0. The summed E-state index contributed by atoms with van der Waals surface area (Å²) in [6.45, 7) is -0.137. The molecule has 2 aliphatic heterocycles. The average Bonchev–Trinajstić information content (AvgIpc) is 2.86. The molecule has 38 heavy (non-hydrogen) atoms. The predicted octanol–water partition coefficient (Wildman–Crippen LogP) is -3.72. The van der Waals surface area contributed by atoms with E-state index in [4.69, 9.17) is 14.2 Å². The van der Waals surface area contributed by atoms with Crippen LogP contribution in [0.1, 0.15) is 13.8 Å². The molecule has 3 rings (SSSR count). The van der Waals surface area contributed by atoms with E-state index in [0.717, 1.165) is 38.1 Å². The van der Waals surface area contributed by atoms with Crippen molar-refractivity contribution in [2.75, 3.05) is 19.8 Å². The van der Waals surface area contributed by atoms with E-state index in [9.17, 15) is 50.3 Å². The van der Waals surface area contributed by atoms with Crippen molar-refractivity contribution in [1.29, 1.82) is 0 Å². The van der Waals surface area contributed by atoms with Crippen LogP contribution in [0.2, 0.25) is 0 Å². The number of nitrogens with one attached hydrogen (secondary N) is 2. The first-order valence-corrected chi connectivity index (χ1v) is 11.6. The first kappa shape index (κ1) is 29.6. The highest BCUT2D eigenvalue weighted by Crippen LogP contribution is 2.45. The number of carbonyl (C=O) groups excluding carboxylic acids is 2. The van der Waals surface area contributed by atoms with Gasteiger partial charge in [-0.3, -0.25) is 19.7 Å². The summed E-state index contributed by atoms with van der Waals surface area (Å²) in [5.41, 5.74) is -5.86. The van der Waals surface area contributed by atoms with Gasteiger partial charge in [0.05, 0.1) is 30.8 Å². The number of benzene rings is 1. The van der Waals surface area contributed by atoms with Gasteiger partial charge in [-0.2, -0.15) is 0 Å². The number of aliphatic hydroxyl groups is 6. The fraction of sp³-hybridized carbons (Fsp3) is 0.636. The van der Waals surface area contributed by atoms with Crippen molar-refractivity contribution in [2.45, 2.75) is 67.8 Å². The largest absolute Gasteiger partial charge is 0.462 e. The molecule has 0 spiro atoms. The first-order valence-electron chi connectivity index (χ1n) is 11.6. The van der Waals surface area contributed by atoms with Crippen molar-refractivity contribution in [3.63, 3.8) is 0 Å². The van der Waals surface area contributed by atoms with Crippen molar-refractivity contribution < 1.29 is 59.4 Å². The number of non-ortho nitro benzene ring substituents is 1. The molecule has 2 aliphatic rings. The maximum atomic E-state index is 12.5.